The van der Waals surface area contributed by atoms with Crippen LogP contribution in [0.5, 0.6) is 0 Å². The van der Waals surface area contributed by atoms with Crippen molar-refractivity contribution in [1.29, 1.82) is 0 Å². The van der Waals surface area contributed by atoms with Gasteiger partial charge in [0, 0.05) is 18.0 Å². The molecule has 0 spiro atoms. The lowest BCUT2D eigenvalue weighted by atomic mass is 10.1. The van der Waals surface area contributed by atoms with Crippen LogP contribution in [0.25, 0.3) is 0 Å². The van der Waals surface area contributed by atoms with Gasteiger partial charge in [-0.05, 0) is 26.0 Å². The van der Waals surface area contributed by atoms with Crippen molar-refractivity contribution in [1.82, 2.24) is 20.1 Å². The minimum atomic E-state index is 0.262. The van der Waals surface area contributed by atoms with Gasteiger partial charge in [-0.1, -0.05) is 12.8 Å². The van der Waals surface area contributed by atoms with Gasteiger partial charge in [-0.3, -0.25) is 4.68 Å². The molecule has 0 bridgehead atoms. The van der Waals surface area contributed by atoms with Crippen molar-refractivity contribution < 1.29 is 0 Å². The molecule has 0 amide bonds. The molecule has 1 N–H and O–H groups in total. The number of hydrogen-bond donors (Lipinski definition) is 1. The van der Waals surface area contributed by atoms with Crippen molar-refractivity contribution in [3.8, 4) is 0 Å². The predicted octanol–water partition coefficient (Wildman–Crippen LogP) is 2.96. The summed E-state index contributed by atoms with van der Waals surface area (Å²) in [7, 11) is 1.98. The van der Waals surface area contributed by atoms with E-state index in [1.54, 1.807) is 11.3 Å². The molecule has 1 saturated carbocycles. The average Bonchev–Trinajstić information content (AvgIpc) is 3.15. The van der Waals surface area contributed by atoms with Crippen LogP contribution >= 0.6 is 11.3 Å². The molecule has 5 heteroatoms. The minimum absolute atomic E-state index is 0.262. The summed E-state index contributed by atoms with van der Waals surface area (Å²) in [6.45, 7) is 0. The highest BCUT2D eigenvalue weighted by molar-refractivity contribution is 7.07. The maximum atomic E-state index is 4.74. The number of nitrogens with one attached hydrogen (secondary N) is 1. The summed E-state index contributed by atoms with van der Waals surface area (Å²) in [5.74, 6) is 0. The summed E-state index contributed by atoms with van der Waals surface area (Å²) < 4.78 is 2.16. The van der Waals surface area contributed by atoms with Crippen LogP contribution in [0.2, 0.25) is 0 Å². The van der Waals surface area contributed by atoms with E-state index in [2.05, 4.69) is 32.6 Å². The van der Waals surface area contributed by atoms with Gasteiger partial charge in [-0.25, -0.2) is 4.98 Å². The summed E-state index contributed by atoms with van der Waals surface area (Å²) in [5, 5.41) is 10.2. The van der Waals surface area contributed by atoms with Crippen LogP contribution in [0, 0.1) is 0 Å². The van der Waals surface area contributed by atoms with E-state index >= 15 is 0 Å². The molecule has 1 unspecified atom stereocenters. The largest absolute Gasteiger partial charge is 0.311 e. The van der Waals surface area contributed by atoms with Crippen molar-refractivity contribution in [2.75, 3.05) is 7.05 Å². The molecule has 19 heavy (non-hydrogen) atoms. The fourth-order valence-corrected chi connectivity index (χ4v) is 3.42. The van der Waals surface area contributed by atoms with Gasteiger partial charge in [0.25, 0.3) is 0 Å². The second-order valence-electron chi connectivity index (χ2n) is 5.18. The Balaban J connectivity index is 1.69. The lowest BCUT2D eigenvalue weighted by Gasteiger charge is -2.12. The number of rotatable bonds is 5. The normalized spacial score (nSPS) is 17.9. The molecular formula is C14H20N4S. The second-order valence-corrected chi connectivity index (χ2v) is 5.90. The molecule has 0 radical (unpaired) electrons. The van der Waals surface area contributed by atoms with E-state index < -0.39 is 0 Å². The maximum absolute atomic E-state index is 4.74. The fourth-order valence-electron chi connectivity index (χ4n) is 2.82. The summed E-state index contributed by atoms with van der Waals surface area (Å²) >= 11 is 1.64. The van der Waals surface area contributed by atoms with Crippen molar-refractivity contribution in [3.05, 3.63) is 34.5 Å². The molecule has 1 aliphatic carbocycles. The number of nitrogens with zero attached hydrogens (tertiary/aromatic N) is 3. The Morgan fingerprint density at radius 2 is 2.32 bits per heavy atom. The third-order valence-electron chi connectivity index (χ3n) is 3.93. The molecule has 102 valence electrons. The Labute approximate surface area is 117 Å². The van der Waals surface area contributed by atoms with Gasteiger partial charge in [0.2, 0.25) is 0 Å². The van der Waals surface area contributed by atoms with Crippen LogP contribution in [0.4, 0.5) is 0 Å². The van der Waals surface area contributed by atoms with E-state index in [1.165, 1.54) is 25.7 Å². The van der Waals surface area contributed by atoms with Crippen LogP contribution in [-0.2, 0) is 6.42 Å². The van der Waals surface area contributed by atoms with Crippen molar-refractivity contribution >= 4 is 11.3 Å². The molecule has 2 aromatic heterocycles. The Morgan fingerprint density at radius 3 is 3.00 bits per heavy atom. The topological polar surface area (TPSA) is 42.7 Å². The minimum Gasteiger partial charge on any atom is -0.311 e. The summed E-state index contributed by atoms with van der Waals surface area (Å²) in [5.41, 5.74) is 4.15. The third kappa shape index (κ3) is 2.87. The smallest absolute Gasteiger partial charge is 0.0795 e. The molecule has 0 saturated heterocycles. The lowest BCUT2D eigenvalue weighted by molar-refractivity contribution is 0.458. The molecule has 2 aromatic rings. The van der Waals surface area contributed by atoms with Gasteiger partial charge in [0.1, 0.15) is 0 Å². The molecule has 1 aliphatic rings. The Kier molecular flexibility index (Phi) is 3.94. The number of aromatic nitrogens is 3. The predicted molar refractivity (Wildman–Crippen MR) is 77.4 cm³/mol. The van der Waals surface area contributed by atoms with E-state index in [4.69, 9.17) is 5.10 Å². The van der Waals surface area contributed by atoms with Crippen molar-refractivity contribution in [2.24, 2.45) is 0 Å². The van der Waals surface area contributed by atoms with Crippen LogP contribution in [0.1, 0.15) is 49.2 Å². The highest BCUT2D eigenvalue weighted by Crippen LogP contribution is 2.29. The van der Waals surface area contributed by atoms with Gasteiger partial charge >= 0.3 is 0 Å². The van der Waals surface area contributed by atoms with Gasteiger partial charge < -0.3 is 5.32 Å². The highest BCUT2D eigenvalue weighted by Gasteiger charge is 2.19. The van der Waals surface area contributed by atoms with Gasteiger partial charge in [0.05, 0.1) is 29.0 Å². The van der Waals surface area contributed by atoms with Crippen LogP contribution in [0.3, 0.4) is 0 Å². The Hall–Kier alpha value is -1.20. The van der Waals surface area contributed by atoms with E-state index in [0.717, 1.165) is 17.8 Å². The average molecular weight is 276 g/mol. The zero-order chi connectivity index (χ0) is 13.1. The number of likely N-dealkylation sites (N-methyl/N-ethyl adjacent to an activating group) is 1. The zero-order valence-electron chi connectivity index (χ0n) is 11.2. The maximum Gasteiger partial charge on any atom is 0.0795 e. The summed E-state index contributed by atoms with van der Waals surface area (Å²) in [6, 6.07) is 3.04. The third-order valence-corrected chi connectivity index (χ3v) is 4.54. The summed E-state index contributed by atoms with van der Waals surface area (Å²) in [6.07, 6.45) is 8.29. The van der Waals surface area contributed by atoms with E-state index in [9.17, 15) is 0 Å². The van der Waals surface area contributed by atoms with E-state index in [1.807, 2.05) is 12.6 Å². The molecule has 0 aliphatic heterocycles. The van der Waals surface area contributed by atoms with Crippen LogP contribution < -0.4 is 5.32 Å². The Morgan fingerprint density at radius 1 is 1.47 bits per heavy atom. The first kappa shape index (κ1) is 12.8. The first-order valence-electron chi connectivity index (χ1n) is 6.96. The molecule has 3 rings (SSSR count). The fraction of sp³-hybridized carbons (Fsp3) is 0.571. The SMILES string of the molecule is CNC(Cc1ccn(C2CCCC2)n1)c1cscn1. The first-order valence-corrected chi connectivity index (χ1v) is 7.90. The second kappa shape index (κ2) is 5.84. The van der Waals surface area contributed by atoms with Gasteiger partial charge in [0.15, 0.2) is 0 Å². The zero-order valence-corrected chi connectivity index (χ0v) is 12.1. The molecule has 2 heterocycles. The number of thiazole rings is 1. The molecule has 0 aromatic carbocycles. The number of hydrogen-bond acceptors (Lipinski definition) is 4. The molecular weight excluding hydrogens is 256 g/mol. The van der Waals surface area contributed by atoms with E-state index in [0.29, 0.717) is 6.04 Å². The quantitative estimate of drug-likeness (QED) is 0.913. The molecule has 1 atom stereocenters. The Bertz CT molecular complexity index is 499. The van der Waals surface area contributed by atoms with Gasteiger partial charge in [-0.15, -0.1) is 11.3 Å². The van der Waals surface area contributed by atoms with E-state index in [-0.39, 0.29) is 6.04 Å². The first-order chi connectivity index (χ1) is 9.36. The van der Waals surface area contributed by atoms with Crippen LogP contribution in [-0.4, -0.2) is 21.8 Å². The summed E-state index contributed by atoms with van der Waals surface area (Å²) in [4.78, 5) is 4.39. The highest BCUT2D eigenvalue weighted by atomic mass is 32.1. The van der Waals surface area contributed by atoms with Crippen LogP contribution in [0.15, 0.2) is 23.2 Å². The lowest BCUT2D eigenvalue weighted by Crippen LogP contribution is -2.19. The standard InChI is InChI=1S/C14H20N4S/c1-15-13(14-9-19-10-16-14)8-11-6-7-18(17-11)12-4-2-3-5-12/h6-7,9-10,12-13,15H,2-5,8H2,1H3. The monoisotopic (exact) mass is 276 g/mol. The van der Waals surface area contributed by atoms with Gasteiger partial charge in [-0.2, -0.15) is 5.10 Å². The van der Waals surface area contributed by atoms with Crippen molar-refractivity contribution in [2.45, 2.75) is 44.2 Å². The molecule has 1 fully saturated rings. The molecule has 4 nitrogen and oxygen atoms in total. The van der Waals surface area contributed by atoms with Crippen molar-refractivity contribution in [3.63, 3.8) is 0 Å².